The van der Waals surface area contributed by atoms with Gasteiger partial charge in [0.1, 0.15) is 6.07 Å². The zero-order valence-electron chi connectivity index (χ0n) is 9.96. The van der Waals surface area contributed by atoms with E-state index in [1.807, 2.05) is 37.3 Å². The van der Waals surface area contributed by atoms with Crippen LogP contribution in [0.3, 0.4) is 0 Å². The molecular formula is C13H13N5. The van der Waals surface area contributed by atoms with Crippen LogP contribution < -0.4 is 11.1 Å². The van der Waals surface area contributed by atoms with Crippen LogP contribution in [0.4, 0.5) is 11.5 Å². The van der Waals surface area contributed by atoms with Gasteiger partial charge in [0.2, 0.25) is 0 Å². The number of nitrogen functional groups attached to an aromatic ring is 1. The lowest BCUT2D eigenvalue weighted by Crippen LogP contribution is -2.11. The average molecular weight is 239 g/mol. The molecule has 0 radical (unpaired) electrons. The summed E-state index contributed by atoms with van der Waals surface area (Å²) in [6, 6.07) is 9.54. The molecule has 0 aliphatic heterocycles. The highest BCUT2D eigenvalue weighted by Gasteiger charge is 2.11. The van der Waals surface area contributed by atoms with Crippen LogP contribution in [0.1, 0.15) is 24.2 Å². The SMILES string of the molecule is CC(Nc1nccnc1C#N)c1ccccc1N. The molecule has 2 rings (SSSR count). The zero-order chi connectivity index (χ0) is 13.0. The third-order valence-corrected chi connectivity index (χ3v) is 2.62. The van der Waals surface area contributed by atoms with E-state index in [1.54, 1.807) is 6.20 Å². The first-order valence-electron chi connectivity index (χ1n) is 5.54. The topological polar surface area (TPSA) is 87.6 Å². The fourth-order valence-corrected chi connectivity index (χ4v) is 1.71. The van der Waals surface area contributed by atoms with Crippen molar-refractivity contribution in [2.24, 2.45) is 0 Å². The molecule has 5 heteroatoms. The van der Waals surface area contributed by atoms with Crippen molar-refractivity contribution in [2.45, 2.75) is 13.0 Å². The van der Waals surface area contributed by atoms with E-state index in [-0.39, 0.29) is 11.7 Å². The Balaban J connectivity index is 2.25. The van der Waals surface area contributed by atoms with Crippen molar-refractivity contribution in [3.63, 3.8) is 0 Å². The molecule has 90 valence electrons. The van der Waals surface area contributed by atoms with Gasteiger partial charge >= 0.3 is 0 Å². The molecule has 0 saturated carbocycles. The van der Waals surface area contributed by atoms with Gasteiger partial charge in [0, 0.05) is 18.1 Å². The molecule has 0 amide bonds. The molecule has 1 unspecified atom stereocenters. The van der Waals surface area contributed by atoms with E-state index >= 15 is 0 Å². The van der Waals surface area contributed by atoms with Gasteiger partial charge in [0.05, 0.1) is 6.04 Å². The van der Waals surface area contributed by atoms with Crippen LogP contribution in [-0.2, 0) is 0 Å². The summed E-state index contributed by atoms with van der Waals surface area (Å²) in [5.41, 5.74) is 7.85. The van der Waals surface area contributed by atoms with Gasteiger partial charge in [0.25, 0.3) is 0 Å². The van der Waals surface area contributed by atoms with Crippen molar-refractivity contribution in [2.75, 3.05) is 11.1 Å². The van der Waals surface area contributed by atoms with Crippen molar-refractivity contribution in [1.82, 2.24) is 9.97 Å². The van der Waals surface area contributed by atoms with E-state index in [4.69, 9.17) is 11.0 Å². The minimum Gasteiger partial charge on any atom is -0.398 e. The summed E-state index contributed by atoms with van der Waals surface area (Å²) >= 11 is 0. The quantitative estimate of drug-likeness (QED) is 0.801. The van der Waals surface area contributed by atoms with E-state index in [2.05, 4.69) is 15.3 Å². The van der Waals surface area contributed by atoms with Crippen molar-refractivity contribution >= 4 is 11.5 Å². The van der Waals surface area contributed by atoms with Crippen molar-refractivity contribution in [3.8, 4) is 6.07 Å². The second-order valence-electron chi connectivity index (χ2n) is 3.86. The summed E-state index contributed by atoms with van der Waals surface area (Å²) in [5.74, 6) is 0.468. The van der Waals surface area contributed by atoms with Crippen molar-refractivity contribution < 1.29 is 0 Å². The van der Waals surface area contributed by atoms with Crippen LogP contribution in [0.5, 0.6) is 0 Å². The van der Waals surface area contributed by atoms with E-state index in [0.717, 1.165) is 5.56 Å². The molecule has 0 spiro atoms. The molecule has 1 aromatic heterocycles. The minimum atomic E-state index is -0.0463. The second kappa shape index (κ2) is 5.15. The lowest BCUT2D eigenvalue weighted by atomic mass is 10.1. The highest BCUT2D eigenvalue weighted by Crippen LogP contribution is 2.23. The molecule has 0 aliphatic rings. The summed E-state index contributed by atoms with van der Waals surface area (Å²) in [6.07, 6.45) is 3.04. The second-order valence-corrected chi connectivity index (χ2v) is 3.86. The number of anilines is 2. The Morgan fingerprint density at radius 2 is 2.00 bits per heavy atom. The third kappa shape index (κ3) is 2.38. The molecule has 0 bridgehead atoms. The maximum atomic E-state index is 8.94. The number of hydrogen-bond acceptors (Lipinski definition) is 5. The number of benzene rings is 1. The third-order valence-electron chi connectivity index (χ3n) is 2.62. The molecule has 1 aromatic carbocycles. The fourth-order valence-electron chi connectivity index (χ4n) is 1.71. The average Bonchev–Trinajstić information content (AvgIpc) is 2.39. The number of nitrogens with two attached hydrogens (primary N) is 1. The lowest BCUT2D eigenvalue weighted by Gasteiger charge is -2.16. The van der Waals surface area contributed by atoms with Crippen LogP contribution in [0.2, 0.25) is 0 Å². The smallest absolute Gasteiger partial charge is 0.182 e. The Kier molecular flexibility index (Phi) is 3.39. The Bertz CT molecular complexity index is 588. The molecule has 1 atom stereocenters. The summed E-state index contributed by atoms with van der Waals surface area (Å²) in [4.78, 5) is 8.06. The number of rotatable bonds is 3. The number of aromatic nitrogens is 2. The molecule has 0 saturated heterocycles. The fraction of sp³-hybridized carbons (Fsp3) is 0.154. The number of nitrogens with one attached hydrogen (secondary N) is 1. The van der Waals surface area contributed by atoms with Gasteiger partial charge < -0.3 is 11.1 Å². The predicted molar refractivity (Wildman–Crippen MR) is 69.6 cm³/mol. The first kappa shape index (κ1) is 11.9. The van der Waals surface area contributed by atoms with Gasteiger partial charge in [-0.15, -0.1) is 0 Å². The zero-order valence-corrected chi connectivity index (χ0v) is 9.96. The highest BCUT2D eigenvalue weighted by molar-refractivity contribution is 5.53. The van der Waals surface area contributed by atoms with Gasteiger partial charge in [-0.05, 0) is 18.6 Å². The first-order valence-corrected chi connectivity index (χ1v) is 5.54. The van der Waals surface area contributed by atoms with Crippen molar-refractivity contribution in [3.05, 3.63) is 47.9 Å². The van der Waals surface area contributed by atoms with E-state index in [0.29, 0.717) is 11.5 Å². The van der Waals surface area contributed by atoms with Crippen LogP contribution in [0, 0.1) is 11.3 Å². The van der Waals surface area contributed by atoms with E-state index in [9.17, 15) is 0 Å². The van der Waals surface area contributed by atoms with Gasteiger partial charge in [-0.2, -0.15) is 5.26 Å². The molecule has 18 heavy (non-hydrogen) atoms. The summed E-state index contributed by atoms with van der Waals surface area (Å²) in [7, 11) is 0. The molecule has 0 fully saturated rings. The molecule has 5 nitrogen and oxygen atoms in total. The van der Waals surface area contributed by atoms with Crippen LogP contribution >= 0.6 is 0 Å². The van der Waals surface area contributed by atoms with E-state index < -0.39 is 0 Å². The number of para-hydroxylation sites is 1. The standard InChI is InChI=1S/C13H13N5/c1-9(10-4-2-3-5-11(10)15)18-13-12(8-14)16-6-7-17-13/h2-7,9H,15H2,1H3,(H,17,18). The van der Waals surface area contributed by atoms with Gasteiger partial charge in [-0.1, -0.05) is 18.2 Å². The number of nitrogens with zero attached hydrogens (tertiary/aromatic N) is 3. The Labute approximate surface area is 105 Å². The number of hydrogen-bond donors (Lipinski definition) is 2. The maximum Gasteiger partial charge on any atom is 0.182 e. The normalized spacial score (nSPS) is 11.6. The Hall–Kier alpha value is -2.61. The van der Waals surface area contributed by atoms with Crippen molar-refractivity contribution in [1.29, 1.82) is 5.26 Å². The first-order chi connectivity index (χ1) is 8.72. The molecule has 1 heterocycles. The monoisotopic (exact) mass is 239 g/mol. The molecule has 3 N–H and O–H groups in total. The lowest BCUT2D eigenvalue weighted by molar-refractivity contribution is 0.872. The summed E-state index contributed by atoms with van der Waals surface area (Å²) in [5, 5.41) is 12.1. The predicted octanol–water partition coefficient (Wildman–Crippen LogP) is 2.10. The summed E-state index contributed by atoms with van der Waals surface area (Å²) in [6.45, 7) is 1.96. The Morgan fingerprint density at radius 3 is 2.72 bits per heavy atom. The highest BCUT2D eigenvalue weighted by atomic mass is 15.0. The van der Waals surface area contributed by atoms with Gasteiger partial charge in [0.15, 0.2) is 11.5 Å². The molecular weight excluding hydrogens is 226 g/mol. The van der Waals surface area contributed by atoms with E-state index in [1.165, 1.54) is 6.20 Å². The van der Waals surface area contributed by atoms with Gasteiger partial charge in [-0.3, -0.25) is 0 Å². The summed E-state index contributed by atoms with van der Waals surface area (Å²) < 4.78 is 0. The Morgan fingerprint density at radius 1 is 1.28 bits per heavy atom. The maximum absolute atomic E-state index is 8.94. The van der Waals surface area contributed by atoms with Crippen LogP contribution in [-0.4, -0.2) is 9.97 Å². The number of nitriles is 1. The molecule has 0 aliphatic carbocycles. The molecule has 2 aromatic rings. The largest absolute Gasteiger partial charge is 0.398 e. The van der Waals surface area contributed by atoms with Gasteiger partial charge in [-0.25, -0.2) is 9.97 Å². The van der Waals surface area contributed by atoms with Crippen LogP contribution in [0.15, 0.2) is 36.7 Å². The minimum absolute atomic E-state index is 0.0463. The van der Waals surface area contributed by atoms with Crippen LogP contribution in [0.25, 0.3) is 0 Å².